The van der Waals surface area contributed by atoms with Crippen molar-refractivity contribution >= 4 is 5.97 Å². The predicted octanol–water partition coefficient (Wildman–Crippen LogP) is 0.572. The van der Waals surface area contributed by atoms with E-state index in [9.17, 15) is 4.79 Å². The number of hydrogen-bond acceptors (Lipinski definition) is 3. The van der Waals surface area contributed by atoms with Crippen LogP contribution in [0.15, 0.2) is 0 Å². The van der Waals surface area contributed by atoms with Gasteiger partial charge in [-0.1, -0.05) is 6.92 Å². The number of ether oxygens (including phenoxy) is 1. The first-order valence-electron chi connectivity index (χ1n) is 4.80. The summed E-state index contributed by atoms with van der Waals surface area (Å²) in [4.78, 5) is 12.9. The van der Waals surface area contributed by atoms with Gasteiger partial charge in [0.05, 0.1) is 6.61 Å². The van der Waals surface area contributed by atoms with Gasteiger partial charge >= 0.3 is 5.97 Å². The summed E-state index contributed by atoms with van der Waals surface area (Å²) in [5.74, 6) is -0.718. The van der Waals surface area contributed by atoms with Crippen LogP contribution < -0.4 is 0 Å². The quantitative estimate of drug-likeness (QED) is 0.702. The van der Waals surface area contributed by atoms with E-state index in [2.05, 4.69) is 0 Å². The van der Waals surface area contributed by atoms with Crippen LogP contribution in [-0.4, -0.2) is 48.3 Å². The second-order valence-corrected chi connectivity index (χ2v) is 3.26. The molecule has 1 aliphatic rings. The predicted molar refractivity (Wildman–Crippen MR) is 48.7 cm³/mol. The van der Waals surface area contributed by atoms with Crippen molar-refractivity contribution in [1.82, 2.24) is 4.90 Å². The van der Waals surface area contributed by atoms with E-state index in [0.29, 0.717) is 13.0 Å². The average Bonchev–Trinajstić information content (AvgIpc) is 2.33. The van der Waals surface area contributed by atoms with Crippen LogP contribution in [0.4, 0.5) is 0 Å². The Labute approximate surface area is 78.5 Å². The van der Waals surface area contributed by atoms with Gasteiger partial charge < -0.3 is 9.84 Å². The number of carbonyl (C=O) groups is 1. The van der Waals surface area contributed by atoms with Crippen molar-refractivity contribution in [2.75, 3.05) is 26.3 Å². The molecule has 1 rings (SSSR count). The molecule has 0 aliphatic carbocycles. The molecule has 0 aromatic carbocycles. The molecule has 76 valence electrons. The lowest BCUT2D eigenvalue weighted by Crippen LogP contribution is -2.42. The number of aliphatic carboxylic acids is 1. The summed E-state index contributed by atoms with van der Waals surface area (Å²) in [6, 6.07) is -0.332. The van der Waals surface area contributed by atoms with Crippen LogP contribution in [-0.2, 0) is 9.53 Å². The first-order chi connectivity index (χ1) is 6.25. The van der Waals surface area contributed by atoms with E-state index in [4.69, 9.17) is 9.84 Å². The maximum Gasteiger partial charge on any atom is 0.320 e. The fourth-order valence-corrected chi connectivity index (χ4v) is 1.67. The average molecular weight is 187 g/mol. The van der Waals surface area contributed by atoms with Gasteiger partial charge in [0, 0.05) is 19.7 Å². The highest BCUT2D eigenvalue weighted by Crippen LogP contribution is 2.08. The van der Waals surface area contributed by atoms with E-state index >= 15 is 0 Å². The van der Waals surface area contributed by atoms with Crippen LogP contribution in [0, 0.1) is 0 Å². The molecule has 0 spiro atoms. The highest BCUT2D eigenvalue weighted by molar-refractivity contribution is 5.73. The van der Waals surface area contributed by atoms with Crippen LogP contribution in [0.3, 0.4) is 0 Å². The number of nitrogens with zero attached hydrogens (tertiary/aromatic N) is 1. The molecule has 0 radical (unpaired) electrons. The van der Waals surface area contributed by atoms with E-state index in [1.165, 1.54) is 0 Å². The molecule has 1 fully saturated rings. The smallest absolute Gasteiger partial charge is 0.320 e. The Balaban J connectivity index is 2.50. The molecule has 0 saturated carbocycles. The molecule has 0 aromatic rings. The number of carboxylic acid groups (broad SMARTS) is 1. The van der Waals surface area contributed by atoms with Crippen LogP contribution in [0.5, 0.6) is 0 Å². The fourth-order valence-electron chi connectivity index (χ4n) is 1.67. The van der Waals surface area contributed by atoms with E-state index in [1.807, 2.05) is 11.8 Å². The van der Waals surface area contributed by atoms with Gasteiger partial charge in [-0.15, -0.1) is 0 Å². The summed E-state index contributed by atoms with van der Waals surface area (Å²) in [5.41, 5.74) is 0. The number of rotatable bonds is 3. The Bertz CT molecular complexity index is 164. The van der Waals surface area contributed by atoms with E-state index < -0.39 is 5.97 Å². The molecule has 4 heteroatoms. The van der Waals surface area contributed by atoms with Gasteiger partial charge in [-0.2, -0.15) is 0 Å². The SMILES string of the molecule is CCC(C(=O)O)N1CCCOCC1. The molecule has 1 atom stereocenters. The summed E-state index contributed by atoms with van der Waals surface area (Å²) >= 11 is 0. The molecular weight excluding hydrogens is 170 g/mol. The molecule has 4 nitrogen and oxygen atoms in total. The lowest BCUT2D eigenvalue weighted by Gasteiger charge is -2.25. The van der Waals surface area contributed by atoms with Gasteiger partial charge in [0.15, 0.2) is 0 Å². The largest absolute Gasteiger partial charge is 0.480 e. The molecule has 0 aromatic heterocycles. The molecule has 1 saturated heterocycles. The molecule has 13 heavy (non-hydrogen) atoms. The maximum atomic E-state index is 10.9. The van der Waals surface area contributed by atoms with Gasteiger partial charge in [0.1, 0.15) is 6.04 Å². The van der Waals surface area contributed by atoms with Crippen molar-refractivity contribution < 1.29 is 14.6 Å². The van der Waals surface area contributed by atoms with E-state index in [0.717, 1.165) is 26.1 Å². The van der Waals surface area contributed by atoms with Crippen molar-refractivity contribution in [3.8, 4) is 0 Å². The zero-order chi connectivity index (χ0) is 9.68. The van der Waals surface area contributed by atoms with Crippen molar-refractivity contribution in [2.24, 2.45) is 0 Å². The first kappa shape index (κ1) is 10.5. The van der Waals surface area contributed by atoms with Crippen LogP contribution in [0.2, 0.25) is 0 Å². The first-order valence-corrected chi connectivity index (χ1v) is 4.80. The Kier molecular flexibility index (Phi) is 4.18. The molecule has 1 aliphatic heterocycles. The molecular formula is C9H17NO3. The van der Waals surface area contributed by atoms with Gasteiger partial charge in [-0.3, -0.25) is 9.69 Å². The fraction of sp³-hybridized carbons (Fsp3) is 0.889. The second kappa shape index (κ2) is 5.19. The minimum absolute atomic E-state index is 0.332. The summed E-state index contributed by atoms with van der Waals surface area (Å²) in [7, 11) is 0. The van der Waals surface area contributed by atoms with Crippen LogP contribution in [0.25, 0.3) is 0 Å². The number of hydrogen-bond donors (Lipinski definition) is 1. The standard InChI is InChI=1S/C9H17NO3/c1-2-8(9(11)12)10-4-3-6-13-7-5-10/h8H,2-7H2,1H3,(H,11,12). The Morgan fingerprint density at radius 3 is 2.92 bits per heavy atom. The number of carboxylic acids is 1. The summed E-state index contributed by atoms with van der Waals surface area (Å²) in [5, 5.41) is 8.93. The molecule has 0 bridgehead atoms. The van der Waals surface area contributed by atoms with Crippen molar-refractivity contribution in [1.29, 1.82) is 0 Å². The monoisotopic (exact) mass is 187 g/mol. The highest BCUT2D eigenvalue weighted by Gasteiger charge is 2.23. The Morgan fingerprint density at radius 1 is 1.54 bits per heavy atom. The van der Waals surface area contributed by atoms with Gasteiger partial charge in [0.25, 0.3) is 0 Å². The normalized spacial score (nSPS) is 22.2. The maximum absolute atomic E-state index is 10.9. The Morgan fingerprint density at radius 2 is 2.31 bits per heavy atom. The molecule has 1 unspecified atom stereocenters. The minimum Gasteiger partial charge on any atom is -0.480 e. The van der Waals surface area contributed by atoms with E-state index in [1.54, 1.807) is 0 Å². The third-order valence-corrected chi connectivity index (χ3v) is 2.37. The Hall–Kier alpha value is -0.610. The molecule has 0 amide bonds. The van der Waals surface area contributed by atoms with Crippen LogP contribution in [0.1, 0.15) is 19.8 Å². The van der Waals surface area contributed by atoms with Crippen molar-refractivity contribution in [3.63, 3.8) is 0 Å². The van der Waals surface area contributed by atoms with Gasteiger partial charge in [0.2, 0.25) is 0 Å². The van der Waals surface area contributed by atoms with Gasteiger partial charge in [-0.25, -0.2) is 0 Å². The third-order valence-electron chi connectivity index (χ3n) is 2.37. The zero-order valence-electron chi connectivity index (χ0n) is 8.03. The lowest BCUT2D eigenvalue weighted by atomic mass is 10.2. The highest BCUT2D eigenvalue weighted by atomic mass is 16.5. The second-order valence-electron chi connectivity index (χ2n) is 3.26. The molecule has 1 heterocycles. The lowest BCUT2D eigenvalue weighted by molar-refractivity contribution is -0.143. The topological polar surface area (TPSA) is 49.8 Å². The van der Waals surface area contributed by atoms with Gasteiger partial charge in [-0.05, 0) is 12.8 Å². The third kappa shape index (κ3) is 2.97. The summed E-state index contributed by atoms with van der Waals surface area (Å²) in [6.07, 6.45) is 1.60. The van der Waals surface area contributed by atoms with Crippen LogP contribution >= 0.6 is 0 Å². The molecule has 1 N–H and O–H groups in total. The zero-order valence-corrected chi connectivity index (χ0v) is 8.03. The summed E-state index contributed by atoms with van der Waals surface area (Å²) < 4.78 is 5.26. The minimum atomic E-state index is -0.718. The summed E-state index contributed by atoms with van der Waals surface area (Å²) in [6.45, 7) is 4.90. The van der Waals surface area contributed by atoms with Crippen molar-refractivity contribution in [2.45, 2.75) is 25.8 Å². The van der Waals surface area contributed by atoms with E-state index in [-0.39, 0.29) is 6.04 Å². The van der Waals surface area contributed by atoms with Crippen molar-refractivity contribution in [3.05, 3.63) is 0 Å².